The van der Waals surface area contributed by atoms with Crippen molar-refractivity contribution < 1.29 is 14.4 Å². The highest BCUT2D eigenvalue weighted by Crippen LogP contribution is 2.22. The summed E-state index contributed by atoms with van der Waals surface area (Å²) in [5.74, 6) is -0.369. The van der Waals surface area contributed by atoms with E-state index in [4.69, 9.17) is 0 Å². The lowest BCUT2D eigenvalue weighted by Crippen LogP contribution is -2.35. The Morgan fingerprint density at radius 3 is 2.29 bits per heavy atom. The molecule has 1 fully saturated rings. The molecule has 0 spiro atoms. The van der Waals surface area contributed by atoms with Gasteiger partial charge in [-0.2, -0.15) is 0 Å². The van der Waals surface area contributed by atoms with Crippen molar-refractivity contribution in [3.8, 4) is 0 Å². The van der Waals surface area contributed by atoms with Crippen molar-refractivity contribution in [2.24, 2.45) is 0 Å². The average Bonchev–Trinajstić information content (AvgIpc) is 2.51. The van der Waals surface area contributed by atoms with E-state index in [0.29, 0.717) is 30.4 Å². The Morgan fingerprint density at radius 1 is 1.06 bits per heavy atom. The normalized spacial score (nSPS) is 16.8. The fourth-order valence-corrected chi connectivity index (χ4v) is 1.94. The zero-order valence-electron chi connectivity index (χ0n) is 9.39. The second-order valence-electron chi connectivity index (χ2n) is 4.04. The molecule has 4 nitrogen and oxygen atoms in total. The van der Waals surface area contributed by atoms with Gasteiger partial charge >= 0.3 is 0 Å². The largest absolute Gasteiger partial charge is 0.298 e. The molecule has 1 saturated heterocycles. The standard InChI is InChI=1S/C13H13NO3/c15-9-10-4-3-5-11(8-10)14-12(16)6-1-2-7-13(14)17/h3-5,8-9H,1-2,6-7H2. The third-order valence-electron chi connectivity index (χ3n) is 2.79. The van der Waals surface area contributed by atoms with Gasteiger partial charge in [-0.1, -0.05) is 12.1 Å². The van der Waals surface area contributed by atoms with Crippen LogP contribution in [0.5, 0.6) is 0 Å². The summed E-state index contributed by atoms with van der Waals surface area (Å²) >= 11 is 0. The summed E-state index contributed by atoms with van der Waals surface area (Å²) in [6, 6.07) is 6.55. The molecule has 0 atom stereocenters. The molecule has 1 heterocycles. The lowest BCUT2D eigenvalue weighted by atomic mass is 10.2. The molecule has 2 amide bonds. The second kappa shape index (κ2) is 4.91. The van der Waals surface area contributed by atoms with Crippen molar-refractivity contribution in [1.82, 2.24) is 0 Å². The maximum absolute atomic E-state index is 11.8. The lowest BCUT2D eigenvalue weighted by Gasteiger charge is -2.18. The molecular formula is C13H13NO3. The molecule has 1 aliphatic heterocycles. The number of carbonyl (C=O) groups excluding carboxylic acids is 3. The smallest absolute Gasteiger partial charge is 0.233 e. The molecule has 1 aliphatic rings. The first kappa shape index (κ1) is 11.5. The molecule has 17 heavy (non-hydrogen) atoms. The van der Waals surface area contributed by atoms with E-state index >= 15 is 0 Å². The van der Waals surface area contributed by atoms with Gasteiger partial charge in [-0.05, 0) is 25.0 Å². The Hall–Kier alpha value is -1.97. The molecule has 0 aromatic heterocycles. The highest BCUT2D eigenvalue weighted by molar-refractivity contribution is 6.15. The third kappa shape index (κ3) is 2.41. The Morgan fingerprint density at radius 2 is 1.71 bits per heavy atom. The molecule has 0 unspecified atom stereocenters. The van der Waals surface area contributed by atoms with Gasteiger partial charge in [-0.15, -0.1) is 0 Å². The predicted molar refractivity (Wildman–Crippen MR) is 62.8 cm³/mol. The van der Waals surface area contributed by atoms with Gasteiger partial charge < -0.3 is 0 Å². The molecule has 0 saturated carbocycles. The molecule has 0 N–H and O–H groups in total. The van der Waals surface area contributed by atoms with E-state index in [1.54, 1.807) is 24.3 Å². The number of benzene rings is 1. The molecular weight excluding hydrogens is 218 g/mol. The van der Waals surface area contributed by atoms with Crippen LogP contribution >= 0.6 is 0 Å². The van der Waals surface area contributed by atoms with Crippen LogP contribution in [0.15, 0.2) is 24.3 Å². The summed E-state index contributed by atoms with van der Waals surface area (Å²) < 4.78 is 0. The first-order valence-electron chi connectivity index (χ1n) is 5.63. The molecule has 1 aromatic rings. The van der Waals surface area contributed by atoms with Gasteiger partial charge in [-0.25, -0.2) is 0 Å². The fraction of sp³-hybridized carbons (Fsp3) is 0.308. The van der Waals surface area contributed by atoms with E-state index in [0.717, 1.165) is 12.8 Å². The molecule has 4 heteroatoms. The van der Waals surface area contributed by atoms with Crippen LogP contribution in [0.25, 0.3) is 0 Å². The van der Waals surface area contributed by atoms with Gasteiger partial charge in [0.2, 0.25) is 11.8 Å². The third-order valence-corrected chi connectivity index (χ3v) is 2.79. The Bertz CT molecular complexity index is 449. The highest BCUT2D eigenvalue weighted by Gasteiger charge is 2.25. The first-order valence-corrected chi connectivity index (χ1v) is 5.63. The number of anilines is 1. The molecule has 0 radical (unpaired) electrons. The Kier molecular flexibility index (Phi) is 3.32. The Balaban J connectivity index is 2.37. The van der Waals surface area contributed by atoms with Crippen molar-refractivity contribution >= 4 is 23.8 Å². The van der Waals surface area contributed by atoms with Gasteiger partial charge in [0, 0.05) is 18.4 Å². The topological polar surface area (TPSA) is 54.5 Å². The van der Waals surface area contributed by atoms with E-state index in [1.807, 2.05) is 0 Å². The van der Waals surface area contributed by atoms with E-state index in [-0.39, 0.29) is 11.8 Å². The van der Waals surface area contributed by atoms with Gasteiger partial charge in [0.05, 0.1) is 5.69 Å². The van der Waals surface area contributed by atoms with Crippen LogP contribution in [-0.2, 0) is 9.59 Å². The van der Waals surface area contributed by atoms with Gasteiger partial charge in [0.15, 0.2) is 0 Å². The molecule has 0 aliphatic carbocycles. The number of hydrogen-bond donors (Lipinski definition) is 0. The summed E-state index contributed by atoms with van der Waals surface area (Å²) in [7, 11) is 0. The van der Waals surface area contributed by atoms with Gasteiger partial charge in [0.25, 0.3) is 0 Å². The van der Waals surface area contributed by atoms with Crippen molar-refractivity contribution in [2.45, 2.75) is 25.7 Å². The quantitative estimate of drug-likeness (QED) is 0.577. The minimum absolute atomic E-state index is 0.185. The van der Waals surface area contributed by atoms with Gasteiger partial charge in [-0.3, -0.25) is 19.3 Å². The van der Waals surface area contributed by atoms with Crippen LogP contribution in [0.1, 0.15) is 36.0 Å². The highest BCUT2D eigenvalue weighted by atomic mass is 16.2. The fourth-order valence-electron chi connectivity index (χ4n) is 1.94. The number of rotatable bonds is 2. The van der Waals surface area contributed by atoms with Crippen LogP contribution in [-0.4, -0.2) is 18.1 Å². The van der Waals surface area contributed by atoms with E-state index in [9.17, 15) is 14.4 Å². The van der Waals surface area contributed by atoms with E-state index in [1.165, 1.54) is 4.90 Å². The number of hydrogen-bond acceptors (Lipinski definition) is 3. The summed E-state index contributed by atoms with van der Waals surface area (Å²) in [6.07, 6.45) is 2.97. The summed E-state index contributed by atoms with van der Waals surface area (Å²) in [5, 5.41) is 0. The van der Waals surface area contributed by atoms with Crippen LogP contribution in [0.2, 0.25) is 0 Å². The number of aldehydes is 1. The first-order chi connectivity index (χ1) is 8.22. The van der Waals surface area contributed by atoms with Crippen molar-refractivity contribution in [3.05, 3.63) is 29.8 Å². The van der Waals surface area contributed by atoms with Gasteiger partial charge in [0.1, 0.15) is 6.29 Å². The minimum atomic E-state index is -0.185. The average molecular weight is 231 g/mol. The van der Waals surface area contributed by atoms with E-state index < -0.39 is 0 Å². The maximum atomic E-state index is 11.8. The zero-order chi connectivity index (χ0) is 12.3. The SMILES string of the molecule is O=Cc1cccc(N2C(=O)CCCCC2=O)c1. The zero-order valence-corrected chi connectivity index (χ0v) is 9.39. The molecule has 0 bridgehead atoms. The number of amides is 2. The summed E-state index contributed by atoms with van der Waals surface area (Å²) in [6.45, 7) is 0. The van der Waals surface area contributed by atoms with Crippen LogP contribution in [0, 0.1) is 0 Å². The minimum Gasteiger partial charge on any atom is -0.298 e. The van der Waals surface area contributed by atoms with Crippen LogP contribution in [0.4, 0.5) is 5.69 Å². The molecule has 88 valence electrons. The predicted octanol–water partition coefficient (Wildman–Crippen LogP) is 1.93. The Labute approximate surface area is 99.2 Å². The lowest BCUT2D eigenvalue weighted by molar-refractivity contribution is -0.125. The second-order valence-corrected chi connectivity index (χ2v) is 4.04. The number of carbonyl (C=O) groups is 3. The molecule has 1 aromatic carbocycles. The molecule has 2 rings (SSSR count). The monoisotopic (exact) mass is 231 g/mol. The maximum Gasteiger partial charge on any atom is 0.233 e. The van der Waals surface area contributed by atoms with Crippen molar-refractivity contribution in [3.63, 3.8) is 0 Å². The van der Waals surface area contributed by atoms with Crippen molar-refractivity contribution in [1.29, 1.82) is 0 Å². The van der Waals surface area contributed by atoms with Crippen LogP contribution < -0.4 is 4.90 Å². The van der Waals surface area contributed by atoms with E-state index in [2.05, 4.69) is 0 Å². The number of nitrogens with zero attached hydrogens (tertiary/aromatic N) is 1. The van der Waals surface area contributed by atoms with Crippen LogP contribution in [0.3, 0.4) is 0 Å². The summed E-state index contributed by atoms with van der Waals surface area (Å²) in [5.41, 5.74) is 0.957. The van der Waals surface area contributed by atoms with Crippen molar-refractivity contribution in [2.75, 3.05) is 4.90 Å². The summed E-state index contributed by atoms with van der Waals surface area (Å²) in [4.78, 5) is 35.6. The number of imide groups is 1.